The molecule has 120 valence electrons. The molecule has 1 aromatic rings. The third-order valence-electron chi connectivity index (χ3n) is 5.21. The quantitative estimate of drug-likeness (QED) is 0.850. The van der Waals surface area contributed by atoms with Gasteiger partial charge in [-0.1, -0.05) is 37.3 Å². The number of methoxy groups -OCH3 is 1. The Morgan fingerprint density at radius 1 is 1.27 bits per heavy atom. The van der Waals surface area contributed by atoms with Crippen LogP contribution >= 0.6 is 0 Å². The fraction of sp³-hybridized carbons (Fsp3) is 0.611. The van der Waals surface area contributed by atoms with E-state index in [4.69, 9.17) is 4.74 Å². The molecule has 0 bridgehead atoms. The van der Waals surface area contributed by atoms with E-state index in [2.05, 4.69) is 16.7 Å². The Hall–Kier alpha value is -1.39. The molecule has 1 amide bonds. The third-order valence-corrected chi connectivity index (χ3v) is 5.21. The number of carbonyl (C=O) groups is 1. The Balaban J connectivity index is 1.72. The van der Waals surface area contributed by atoms with Gasteiger partial charge in [-0.2, -0.15) is 0 Å². The van der Waals surface area contributed by atoms with Gasteiger partial charge in [0.25, 0.3) is 0 Å². The molecule has 0 aromatic heterocycles. The van der Waals surface area contributed by atoms with Gasteiger partial charge in [0.1, 0.15) is 0 Å². The number of rotatable bonds is 4. The van der Waals surface area contributed by atoms with Crippen LogP contribution in [0.5, 0.6) is 0 Å². The lowest BCUT2D eigenvalue weighted by molar-refractivity contribution is -0.138. The average molecular weight is 302 g/mol. The van der Waals surface area contributed by atoms with Gasteiger partial charge >= 0.3 is 0 Å². The minimum absolute atomic E-state index is 0.258. The number of ether oxygens (including phenoxy) is 1. The Kier molecular flexibility index (Phi) is 4.79. The second-order valence-electron chi connectivity index (χ2n) is 6.40. The number of likely N-dealkylation sites (tertiary alicyclic amines) is 2. The van der Waals surface area contributed by atoms with Gasteiger partial charge < -0.3 is 14.5 Å². The molecule has 3 rings (SSSR count). The summed E-state index contributed by atoms with van der Waals surface area (Å²) in [5.74, 6) is 0.715. The monoisotopic (exact) mass is 302 g/mol. The average Bonchev–Trinajstić information content (AvgIpc) is 2.99. The first-order valence-electron chi connectivity index (χ1n) is 8.31. The van der Waals surface area contributed by atoms with E-state index >= 15 is 0 Å². The van der Waals surface area contributed by atoms with Crippen LogP contribution in [0.15, 0.2) is 30.3 Å². The largest absolute Gasteiger partial charge is 0.381 e. The molecule has 22 heavy (non-hydrogen) atoms. The lowest BCUT2D eigenvalue weighted by atomic mass is 9.88. The lowest BCUT2D eigenvalue weighted by Gasteiger charge is -2.41. The highest BCUT2D eigenvalue weighted by atomic mass is 16.5. The Morgan fingerprint density at radius 3 is 2.73 bits per heavy atom. The number of nitrogens with zero attached hydrogens (tertiary/aromatic N) is 2. The number of benzene rings is 1. The predicted octanol–water partition coefficient (Wildman–Crippen LogP) is 1.80. The number of hydrogen-bond donors (Lipinski definition) is 0. The van der Waals surface area contributed by atoms with Crippen molar-refractivity contribution in [2.45, 2.75) is 31.9 Å². The second kappa shape index (κ2) is 6.80. The normalized spacial score (nSPS) is 28.6. The highest BCUT2D eigenvalue weighted by Gasteiger charge is 2.45. The van der Waals surface area contributed by atoms with Crippen LogP contribution in [0.25, 0.3) is 0 Å². The minimum Gasteiger partial charge on any atom is -0.381 e. The van der Waals surface area contributed by atoms with Crippen LogP contribution in [-0.4, -0.2) is 61.1 Å². The van der Waals surface area contributed by atoms with E-state index in [9.17, 15) is 4.79 Å². The Labute approximate surface area is 133 Å². The molecule has 0 N–H and O–H groups in total. The molecular weight excluding hydrogens is 276 g/mol. The molecule has 0 saturated carbocycles. The van der Waals surface area contributed by atoms with Crippen molar-refractivity contribution in [3.05, 3.63) is 35.9 Å². The number of piperidine rings is 1. The molecule has 2 heterocycles. The minimum atomic E-state index is 0.258. The van der Waals surface area contributed by atoms with Gasteiger partial charge in [0.15, 0.2) is 0 Å². The lowest BCUT2D eigenvalue weighted by Crippen LogP contribution is -2.54. The fourth-order valence-electron chi connectivity index (χ4n) is 3.97. The Bertz CT molecular complexity index is 505. The summed E-state index contributed by atoms with van der Waals surface area (Å²) in [6.45, 7) is 6.10. The summed E-state index contributed by atoms with van der Waals surface area (Å²) in [5.41, 5.74) is 1.10. The number of hydrogen-bond acceptors (Lipinski definition) is 3. The van der Waals surface area contributed by atoms with Crippen LogP contribution in [0.1, 0.15) is 18.9 Å². The van der Waals surface area contributed by atoms with Crippen LogP contribution in [0.2, 0.25) is 0 Å². The standard InChI is InChI=1S/C18H26N2O2/c1-3-19-12-15-16(13-19)20(10-9-17(15)22-2)18(21)11-14-7-5-4-6-8-14/h4-8,15-17H,3,9-13H2,1-2H3/t15-,16+,17-/m1/s1. The topological polar surface area (TPSA) is 32.8 Å². The van der Waals surface area contributed by atoms with Gasteiger partial charge in [-0.05, 0) is 18.5 Å². The van der Waals surface area contributed by atoms with Gasteiger partial charge in [0.2, 0.25) is 5.91 Å². The molecule has 1 aromatic carbocycles. The highest BCUT2D eigenvalue weighted by Crippen LogP contribution is 2.32. The molecule has 3 atom stereocenters. The molecule has 0 spiro atoms. The number of fused-ring (bicyclic) bond motifs is 1. The first-order valence-corrected chi connectivity index (χ1v) is 8.31. The fourth-order valence-corrected chi connectivity index (χ4v) is 3.97. The molecule has 2 saturated heterocycles. The molecular formula is C18H26N2O2. The van der Waals surface area contributed by atoms with Crippen LogP contribution in [0.4, 0.5) is 0 Å². The van der Waals surface area contributed by atoms with Gasteiger partial charge in [0, 0.05) is 32.7 Å². The number of carbonyl (C=O) groups excluding carboxylic acids is 1. The van der Waals surface area contributed by atoms with E-state index in [1.807, 2.05) is 30.3 Å². The summed E-state index contributed by atoms with van der Waals surface area (Å²) in [5, 5.41) is 0. The van der Waals surface area contributed by atoms with Crippen molar-refractivity contribution in [2.75, 3.05) is 33.3 Å². The summed E-state index contributed by atoms with van der Waals surface area (Å²) in [7, 11) is 1.80. The summed E-state index contributed by atoms with van der Waals surface area (Å²) < 4.78 is 5.68. The predicted molar refractivity (Wildman–Crippen MR) is 86.7 cm³/mol. The van der Waals surface area contributed by atoms with Crippen molar-refractivity contribution in [3.63, 3.8) is 0 Å². The number of likely N-dealkylation sites (N-methyl/N-ethyl adjacent to an activating group) is 1. The zero-order chi connectivity index (χ0) is 15.5. The van der Waals surface area contributed by atoms with E-state index in [0.717, 1.165) is 38.2 Å². The zero-order valence-corrected chi connectivity index (χ0v) is 13.6. The van der Waals surface area contributed by atoms with Crippen molar-refractivity contribution < 1.29 is 9.53 Å². The first-order chi connectivity index (χ1) is 10.7. The molecule has 0 unspecified atom stereocenters. The zero-order valence-electron chi connectivity index (χ0n) is 13.6. The maximum atomic E-state index is 12.8. The maximum Gasteiger partial charge on any atom is 0.227 e. The second-order valence-corrected chi connectivity index (χ2v) is 6.40. The van der Waals surface area contributed by atoms with Crippen LogP contribution in [0.3, 0.4) is 0 Å². The molecule has 0 radical (unpaired) electrons. The molecule has 2 aliphatic rings. The van der Waals surface area contributed by atoms with E-state index in [1.165, 1.54) is 0 Å². The van der Waals surface area contributed by atoms with Gasteiger partial charge in [-0.15, -0.1) is 0 Å². The first kappa shape index (κ1) is 15.5. The number of amides is 1. The molecule has 4 nitrogen and oxygen atoms in total. The summed E-state index contributed by atoms with van der Waals surface area (Å²) >= 11 is 0. The van der Waals surface area contributed by atoms with Crippen LogP contribution in [0, 0.1) is 5.92 Å². The van der Waals surface area contributed by atoms with Crippen molar-refractivity contribution in [1.82, 2.24) is 9.80 Å². The van der Waals surface area contributed by atoms with Gasteiger partial charge in [0.05, 0.1) is 18.6 Å². The molecule has 0 aliphatic carbocycles. The van der Waals surface area contributed by atoms with Crippen LogP contribution in [-0.2, 0) is 16.0 Å². The van der Waals surface area contributed by atoms with Crippen LogP contribution < -0.4 is 0 Å². The van der Waals surface area contributed by atoms with E-state index in [0.29, 0.717) is 24.5 Å². The molecule has 2 fully saturated rings. The Morgan fingerprint density at radius 2 is 2.05 bits per heavy atom. The van der Waals surface area contributed by atoms with Gasteiger partial charge in [-0.25, -0.2) is 0 Å². The maximum absolute atomic E-state index is 12.8. The van der Waals surface area contributed by atoms with Crippen molar-refractivity contribution in [2.24, 2.45) is 5.92 Å². The van der Waals surface area contributed by atoms with Crippen molar-refractivity contribution in [1.29, 1.82) is 0 Å². The van der Waals surface area contributed by atoms with Gasteiger partial charge in [-0.3, -0.25) is 4.79 Å². The summed E-state index contributed by atoms with van der Waals surface area (Å²) in [4.78, 5) is 17.3. The van der Waals surface area contributed by atoms with E-state index in [-0.39, 0.29) is 5.91 Å². The summed E-state index contributed by atoms with van der Waals surface area (Å²) in [6, 6.07) is 10.4. The van der Waals surface area contributed by atoms with E-state index in [1.54, 1.807) is 7.11 Å². The smallest absolute Gasteiger partial charge is 0.227 e. The van der Waals surface area contributed by atoms with E-state index < -0.39 is 0 Å². The highest BCUT2D eigenvalue weighted by molar-refractivity contribution is 5.79. The summed E-state index contributed by atoms with van der Waals surface area (Å²) in [6.07, 6.45) is 1.76. The third kappa shape index (κ3) is 3.03. The SMILES string of the molecule is CCN1C[C@H]2[C@H](OC)CCN(C(=O)Cc3ccccc3)[C@H]2C1. The molecule has 4 heteroatoms. The van der Waals surface area contributed by atoms with Crippen molar-refractivity contribution in [3.8, 4) is 0 Å². The molecule has 2 aliphatic heterocycles. The van der Waals surface area contributed by atoms with Crippen molar-refractivity contribution >= 4 is 5.91 Å².